The van der Waals surface area contributed by atoms with Crippen LogP contribution in [0.15, 0.2) is 303 Å². The number of fused-ring (bicyclic) bond motifs is 12. The minimum Gasteiger partial charge on any atom is -0.458 e. The SMILES string of the molecule is CC(C)(C)c1ccc2c(c1)B1c3cc(C(C)(C)C)ccc3Oc3cc(-c4cccc(-c5c6ccccc6c(-c6ccccc6)c6ccccc56)c4)cc(c31)O2.CC(C)(C)c1ccc2c(c1)B1c3cc(C(C)(C)C)ccc3Oc3cc(Cl)cc(c31)O2.CC1(C)OB(c2cccc(-c3c4ccccc4c(-c4ccccc4)c4ccccc34)c2)OC1(C)C. The smallest absolute Gasteiger partial charge is 0.458 e. The molecule has 16 aromatic rings. The van der Waals surface area contributed by atoms with Crippen LogP contribution in [0.2, 0.25) is 5.02 Å². The second-order valence-corrected chi connectivity index (χ2v) is 38.6. The number of benzene rings is 16. The van der Waals surface area contributed by atoms with Gasteiger partial charge in [0.15, 0.2) is 0 Å². The summed E-state index contributed by atoms with van der Waals surface area (Å²) in [6.07, 6.45) is 0. The first kappa shape index (κ1) is 78.0. The van der Waals surface area contributed by atoms with Crippen LogP contribution < -0.4 is 57.2 Å². The zero-order valence-corrected chi connectivity index (χ0v) is 72.2. The molecule has 0 atom stereocenters. The first-order valence-electron chi connectivity index (χ1n) is 42.3. The lowest BCUT2D eigenvalue weighted by Gasteiger charge is -2.35. The average Bonchev–Trinajstić information content (AvgIpc) is 0.929. The van der Waals surface area contributed by atoms with E-state index in [1.807, 2.05) is 12.1 Å². The Balaban J connectivity index is 0.000000126. The van der Waals surface area contributed by atoms with Crippen molar-refractivity contribution >= 4 is 113 Å². The van der Waals surface area contributed by atoms with Crippen molar-refractivity contribution in [1.82, 2.24) is 0 Å². The van der Waals surface area contributed by atoms with Crippen molar-refractivity contribution in [1.29, 1.82) is 0 Å². The first-order valence-corrected chi connectivity index (χ1v) is 42.6. The van der Waals surface area contributed by atoms with Crippen molar-refractivity contribution in [3.05, 3.63) is 331 Å². The molecule has 0 amide bonds. The molecule has 0 radical (unpaired) electrons. The summed E-state index contributed by atoms with van der Waals surface area (Å²) in [5.41, 5.74) is 24.6. The van der Waals surface area contributed by atoms with E-state index in [9.17, 15) is 0 Å². The van der Waals surface area contributed by atoms with E-state index in [1.165, 1.54) is 132 Å². The minimum absolute atomic E-state index is 0.00309. The number of rotatable bonds is 6. The van der Waals surface area contributed by atoms with E-state index < -0.39 is 0 Å². The third kappa shape index (κ3) is 13.8. The maximum Gasteiger partial charge on any atom is 0.494 e. The van der Waals surface area contributed by atoms with Gasteiger partial charge >= 0.3 is 7.12 Å². The van der Waals surface area contributed by atoms with Crippen molar-refractivity contribution in [3.8, 4) is 102 Å². The maximum atomic E-state index is 6.87. The molecule has 0 saturated carbocycles. The Morgan fingerprint density at radius 1 is 0.242 bits per heavy atom. The van der Waals surface area contributed by atoms with Crippen molar-refractivity contribution in [2.45, 2.75) is 144 Å². The van der Waals surface area contributed by atoms with Crippen LogP contribution in [0.4, 0.5) is 0 Å². The fourth-order valence-corrected chi connectivity index (χ4v) is 18.6. The average molecular weight is 1580 g/mol. The van der Waals surface area contributed by atoms with Gasteiger partial charge in [-0.2, -0.15) is 0 Å². The highest BCUT2D eigenvalue weighted by Crippen LogP contribution is 2.49. The maximum absolute atomic E-state index is 6.87. The summed E-state index contributed by atoms with van der Waals surface area (Å²) in [5.74, 6) is 6.88. The molecule has 1 fully saturated rings. The van der Waals surface area contributed by atoms with Gasteiger partial charge in [0, 0.05) is 15.9 Å². The van der Waals surface area contributed by atoms with Crippen molar-refractivity contribution in [2.75, 3.05) is 0 Å². The molecule has 0 N–H and O–H groups in total. The molecule has 1 saturated heterocycles. The summed E-state index contributed by atoms with van der Waals surface area (Å²) >= 11 is 6.40. The van der Waals surface area contributed by atoms with Gasteiger partial charge < -0.3 is 28.3 Å². The van der Waals surface area contributed by atoms with Crippen molar-refractivity contribution in [2.24, 2.45) is 0 Å². The van der Waals surface area contributed by atoms with E-state index in [0.29, 0.717) is 5.02 Å². The molecule has 0 spiro atoms. The molecule has 120 heavy (non-hydrogen) atoms. The quantitative estimate of drug-likeness (QED) is 0.122. The van der Waals surface area contributed by atoms with Crippen LogP contribution in [0.25, 0.3) is 98.7 Å². The largest absolute Gasteiger partial charge is 0.494 e. The normalized spacial score (nSPS) is 14.5. The Kier molecular flexibility index (Phi) is 19.0. The minimum atomic E-state index is -0.388. The van der Waals surface area contributed by atoms with E-state index >= 15 is 0 Å². The predicted molar refractivity (Wildman–Crippen MR) is 507 cm³/mol. The van der Waals surface area contributed by atoms with Gasteiger partial charge in [0.25, 0.3) is 13.4 Å². The fourth-order valence-electron chi connectivity index (χ4n) is 18.4. The molecule has 10 heteroatoms. The monoisotopic (exact) mass is 1580 g/mol. The third-order valence-corrected chi connectivity index (χ3v) is 25.8. The molecular formula is C110H98B3ClO6. The summed E-state index contributed by atoms with van der Waals surface area (Å²) in [6.45, 7) is 35.6. The Labute approximate surface area is 712 Å². The van der Waals surface area contributed by atoms with Gasteiger partial charge in [-0.15, -0.1) is 0 Å². The van der Waals surface area contributed by atoms with Crippen molar-refractivity contribution < 1.29 is 28.3 Å². The van der Waals surface area contributed by atoms with Crippen molar-refractivity contribution in [3.63, 3.8) is 0 Å². The Bertz CT molecular complexity index is 6510. The summed E-state index contributed by atoms with van der Waals surface area (Å²) in [7, 11) is -0.388. The lowest BCUT2D eigenvalue weighted by atomic mass is 9.34. The highest BCUT2D eigenvalue weighted by atomic mass is 35.5. The van der Waals surface area contributed by atoms with Crippen LogP contribution in [0.3, 0.4) is 0 Å². The highest BCUT2D eigenvalue weighted by Gasteiger charge is 2.52. The molecule has 0 aliphatic carbocycles. The molecule has 21 rings (SSSR count). The summed E-state index contributed by atoms with van der Waals surface area (Å²) in [4.78, 5) is 0. The second-order valence-electron chi connectivity index (χ2n) is 38.2. The summed E-state index contributed by atoms with van der Waals surface area (Å²) in [5, 5.41) is 10.6. The summed E-state index contributed by atoms with van der Waals surface area (Å²) in [6, 6.07) is 109. The van der Waals surface area contributed by atoms with E-state index in [4.69, 9.17) is 39.9 Å². The topological polar surface area (TPSA) is 55.4 Å². The number of halogens is 1. The van der Waals surface area contributed by atoms with Crippen LogP contribution in [-0.4, -0.2) is 31.7 Å². The molecule has 6 nitrogen and oxygen atoms in total. The fraction of sp³-hybridized carbons (Fsp3) is 0.200. The van der Waals surface area contributed by atoms with Crippen LogP contribution in [-0.2, 0) is 31.0 Å². The van der Waals surface area contributed by atoms with Crippen LogP contribution in [0, 0.1) is 0 Å². The standard InChI is InChI=1S/C52H43BO2.C32H29BO2.C26H26BClO2/c1-51(2,3)36-23-25-44-42(30-36)53-43-31-37(52(4,5)6)24-26-45(43)55-47-29-35(28-46(54-44)50(47)53)33-17-14-18-34(27-33)49-40-21-12-10-19-38(40)48(32-15-8-7-9-16-32)39-20-11-13-22-41(39)49;1-31(2)32(3,4)35-33(34-31)24-16-12-15-23(21-24)30-27-19-10-8-17-25(27)29(22-13-6-5-7-14-22)26-18-9-11-20-28(26)30;1-25(2,3)15-7-9-20-18(11-15)27-19-12-16(26(4,5)6)8-10-21(19)30-23-14-17(28)13-22(29-20)24(23)27/h7-31H,1-6H3;5-21H,1-4H3;7-14H,1-6H3. The van der Waals surface area contributed by atoms with Gasteiger partial charge in [-0.3, -0.25) is 0 Å². The molecule has 590 valence electrons. The third-order valence-electron chi connectivity index (χ3n) is 25.6. The molecule has 0 unspecified atom stereocenters. The Hall–Kier alpha value is -11.8. The Morgan fingerprint density at radius 3 is 0.825 bits per heavy atom. The first-order chi connectivity index (χ1) is 57.4. The Morgan fingerprint density at radius 2 is 0.508 bits per heavy atom. The molecule has 5 heterocycles. The molecule has 5 aliphatic rings. The summed E-state index contributed by atoms with van der Waals surface area (Å²) < 4.78 is 39.1. The number of hydrogen-bond acceptors (Lipinski definition) is 6. The zero-order valence-electron chi connectivity index (χ0n) is 71.4. The van der Waals surface area contributed by atoms with Gasteiger partial charge in [0.1, 0.15) is 46.0 Å². The highest BCUT2D eigenvalue weighted by molar-refractivity contribution is 6.99. The van der Waals surface area contributed by atoms with Gasteiger partial charge in [0.05, 0.1) is 11.2 Å². The lowest BCUT2D eigenvalue weighted by molar-refractivity contribution is 0.00578. The molecular weight excluding hydrogens is 1490 g/mol. The van der Waals surface area contributed by atoms with Crippen LogP contribution in [0.1, 0.15) is 133 Å². The van der Waals surface area contributed by atoms with Crippen LogP contribution >= 0.6 is 11.6 Å². The van der Waals surface area contributed by atoms with E-state index in [0.717, 1.165) is 73.5 Å². The number of hydrogen-bond donors (Lipinski definition) is 0. The lowest BCUT2D eigenvalue weighted by Crippen LogP contribution is -2.57. The zero-order chi connectivity index (χ0) is 83.3. The van der Waals surface area contributed by atoms with Gasteiger partial charge in [0.2, 0.25) is 0 Å². The number of ether oxygens (including phenoxy) is 4. The molecule has 16 aromatic carbocycles. The van der Waals surface area contributed by atoms with Crippen LogP contribution in [0.5, 0.6) is 46.0 Å². The molecule has 0 aromatic heterocycles. The van der Waals surface area contributed by atoms with Gasteiger partial charge in [-0.25, -0.2) is 0 Å². The second kappa shape index (κ2) is 29.3. The predicted octanol–water partition coefficient (Wildman–Crippen LogP) is 25.6. The van der Waals surface area contributed by atoms with E-state index in [2.05, 4.69) is 402 Å². The van der Waals surface area contributed by atoms with Gasteiger partial charge in [-0.05, 0) is 252 Å². The van der Waals surface area contributed by atoms with E-state index in [-0.39, 0.29) is 53.4 Å². The molecule has 5 aliphatic heterocycles. The van der Waals surface area contributed by atoms with Gasteiger partial charge in [-0.1, -0.05) is 343 Å². The van der Waals surface area contributed by atoms with E-state index in [1.54, 1.807) is 0 Å². The molecule has 0 bridgehead atoms.